The maximum Gasteiger partial charge on any atom is 0.130 e. The number of aromatic amines is 1. The number of hydrogen-bond acceptors (Lipinski definition) is 3. The molecule has 0 bridgehead atoms. The summed E-state index contributed by atoms with van der Waals surface area (Å²) in [6, 6.07) is 12.3. The Kier molecular flexibility index (Phi) is 3.92. The van der Waals surface area contributed by atoms with Gasteiger partial charge in [0, 0.05) is 25.2 Å². The first-order valence-electron chi connectivity index (χ1n) is 6.84. The summed E-state index contributed by atoms with van der Waals surface area (Å²) in [6.07, 6.45) is 5.56. The number of benzene rings is 1. The van der Waals surface area contributed by atoms with Gasteiger partial charge in [0.15, 0.2) is 0 Å². The zero-order valence-corrected chi connectivity index (χ0v) is 12.6. The van der Waals surface area contributed by atoms with Crippen molar-refractivity contribution in [2.24, 2.45) is 7.05 Å². The van der Waals surface area contributed by atoms with Gasteiger partial charge in [0.2, 0.25) is 0 Å². The van der Waals surface area contributed by atoms with E-state index in [9.17, 15) is 0 Å². The molecule has 0 amide bonds. The molecule has 3 aromatic rings. The minimum atomic E-state index is 0.607. The van der Waals surface area contributed by atoms with Crippen molar-refractivity contribution >= 4 is 12.2 Å². The van der Waals surface area contributed by atoms with Crippen LogP contribution in [0.2, 0.25) is 0 Å². The quantitative estimate of drug-likeness (QED) is 0.751. The zero-order valence-electron chi connectivity index (χ0n) is 11.8. The molecule has 4 nitrogen and oxygen atoms in total. The van der Waals surface area contributed by atoms with Gasteiger partial charge >= 0.3 is 0 Å². The first-order valence-corrected chi connectivity index (χ1v) is 7.25. The van der Waals surface area contributed by atoms with Gasteiger partial charge in [-0.05, 0) is 18.1 Å². The molecular weight excluding hydrogens is 280 g/mol. The molecule has 2 aromatic heterocycles. The van der Waals surface area contributed by atoms with Gasteiger partial charge in [0.25, 0.3) is 0 Å². The van der Waals surface area contributed by atoms with Gasteiger partial charge in [-0.1, -0.05) is 42.5 Å². The summed E-state index contributed by atoms with van der Waals surface area (Å²) >= 11 is 5.27. The molecule has 0 aliphatic rings. The van der Waals surface area contributed by atoms with Crippen LogP contribution in [-0.4, -0.2) is 19.7 Å². The molecule has 3 rings (SSSR count). The average molecular weight is 296 g/mol. The molecule has 0 radical (unpaired) electrons. The molecule has 2 heterocycles. The molecular formula is C16H16N4S. The minimum Gasteiger partial charge on any atom is -0.343 e. The van der Waals surface area contributed by atoms with Crippen LogP contribution in [0.4, 0.5) is 0 Å². The Morgan fingerprint density at radius 2 is 2.00 bits per heavy atom. The lowest BCUT2D eigenvalue weighted by Crippen LogP contribution is -2.00. The number of rotatable bonds is 4. The summed E-state index contributed by atoms with van der Waals surface area (Å²) in [4.78, 5) is 7.77. The fourth-order valence-electron chi connectivity index (χ4n) is 2.25. The van der Waals surface area contributed by atoms with Crippen LogP contribution >= 0.6 is 12.2 Å². The Morgan fingerprint density at radius 1 is 1.19 bits per heavy atom. The molecule has 5 heteroatoms. The van der Waals surface area contributed by atoms with Crippen LogP contribution in [0, 0.1) is 4.64 Å². The van der Waals surface area contributed by atoms with Gasteiger partial charge < -0.3 is 4.98 Å². The highest BCUT2D eigenvalue weighted by Gasteiger charge is 2.04. The van der Waals surface area contributed by atoms with E-state index in [2.05, 4.69) is 39.3 Å². The lowest BCUT2D eigenvalue weighted by atomic mass is 10.1. The summed E-state index contributed by atoms with van der Waals surface area (Å²) < 4.78 is 2.38. The summed E-state index contributed by atoms with van der Waals surface area (Å²) in [5, 5.41) is 4.19. The number of hydrogen-bond donors (Lipinski definition) is 1. The zero-order chi connectivity index (χ0) is 14.7. The van der Waals surface area contributed by atoms with Crippen molar-refractivity contribution in [2.45, 2.75) is 12.8 Å². The van der Waals surface area contributed by atoms with Gasteiger partial charge in [-0.3, -0.25) is 4.68 Å². The highest BCUT2D eigenvalue weighted by molar-refractivity contribution is 7.71. The molecule has 0 saturated carbocycles. The van der Waals surface area contributed by atoms with Crippen LogP contribution in [0.5, 0.6) is 0 Å². The number of H-pyrrole nitrogens is 1. The Bertz CT molecular complexity index is 789. The third-order valence-corrected chi connectivity index (χ3v) is 3.51. The van der Waals surface area contributed by atoms with Gasteiger partial charge in [-0.2, -0.15) is 5.10 Å². The fourth-order valence-corrected chi connectivity index (χ4v) is 2.48. The predicted molar refractivity (Wildman–Crippen MR) is 85.5 cm³/mol. The standard InChI is InChI=1S/C16H16N4S/c1-20-11-13(10-17-20)14-9-16(21)19-15(18-14)8-7-12-5-3-2-4-6-12/h2-6,9-11H,7-8H2,1H3,(H,18,19,21). The van der Waals surface area contributed by atoms with E-state index in [-0.39, 0.29) is 0 Å². The van der Waals surface area contributed by atoms with Crippen molar-refractivity contribution in [1.29, 1.82) is 0 Å². The fraction of sp³-hybridized carbons (Fsp3) is 0.188. The van der Waals surface area contributed by atoms with Crippen molar-refractivity contribution in [1.82, 2.24) is 19.7 Å². The smallest absolute Gasteiger partial charge is 0.130 e. The number of nitrogens with zero attached hydrogens (tertiary/aromatic N) is 3. The van der Waals surface area contributed by atoms with Gasteiger partial charge in [-0.25, -0.2) is 4.98 Å². The van der Waals surface area contributed by atoms with Crippen molar-refractivity contribution in [3.05, 3.63) is 64.8 Å². The molecule has 0 aliphatic carbocycles. The SMILES string of the molecule is Cn1cc(-c2cc(=S)nc(CCc3ccccc3)[nH]2)cn1. The van der Waals surface area contributed by atoms with Crippen molar-refractivity contribution in [2.75, 3.05) is 0 Å². The Hall–Kier alpha value is -2.27. The number of nitrogens with one attached hydrogen (secondary N) is 1. The molecule has 0 atom stereocenters. The van der Waals surface area contributed by atoms with E-state index in [1.54, 1.807) is 4.68 Å². The van der Waals surface area contributed by atoms with E-state index >= 15 is 0 Å². The summed E-state index contributed by atoms with van der Waals surface area (Å²) in [7, 11) is 1.90. The molecule has 1 aromatic carbocycles. The monoisotopic (exact) mass is 296 g/mol. The molecule has 0 spiro atoms. The molecule has 0 fully saturated rings. The molecule has 106 valence electrons. The summed E-state index contributed by atoms with van der Waals surface area (Å²) in [5.74, 6) is 0.908. The Morgan fingerprint density at radius 3 is 2.71 bits per heavy atom. The first kappa shape index (κ1) is 13.7. The molecule has 0 aliphatic heterocycles. The maximum atomic E-state index is 5.27. The van der Waals surface area contributed by atoms with Crippen LogP contribution in [-0.2, 0) is 19.9 Å². The Balaban J connectivity index is 1.83. The van der Waals surface area contributed by atoms with Gasteiger partial charge in [0.05, 0.1) is 11.9 Å². The summed E-state index contributed by atoms with van der Waals surface area (Å²) in [6.45, 7) is 0. The number of aromatic nitrogens is 4. The maximum absolute atomic E-state index is 5.27. The normalized spacial score (nSPS) is 10.7. The van der Waals surface area contributed by atoms with Gasteiger partial charge in [0.1, 0.15) is 10.5 Å². The van der Waals surface area contributed by atoms with Crippen molar-refractivity contribution in [3.63, 3.8) is 0 Å². The molecule has 1 N–H and O–H groups in total. The third-order valence-electron chi connectivity index (χ3n) is 3.30. The lowest BCUT2D eigenvalue weighted by Gasteiger charge is -2.05. The van der Waals surface area contributed by atoms with E-state index in [1.807, 2.05) is 31.6 Å². The topological polar surface area (TPSA) is 46.5 Å². The van der Waals surface area contributed by atoms with Gasteiger partial charge in [-0.15, -0.1) is 0 Å². The van der Waals surface area contributed by atoms with Crippen molar-refractivity contribution < 1.29 is 0 Å². The predicted octanol–water partition coefficient (Wildman–Crippen LogP) is 3.32. The van der Waals surface area contributed by atoms with E-state index in [0.29, 0.717) is 4.64 Å². The minimum absolute atomic E-state index is 0.607. The molecule has 0 saturated heterocycles. The Labute approximate surface area is 128 Å². The second kappa shape index (κ2) is 6.01. The third kappa shape index (κ3) is 3.44. The van der Waals surface area contributed by atoms with Crippen LogP contribution in [0.1, 0.15) is 11.4 Å². The average Bonchev–Trinajstić information content (AvgIpc) is 2.92. The van der Waals surface area contributed by atoms with E-state index in [4.69, 9.17) is 12.2 Å². The largest absolute Gasteiger partial charge is 0.343 e. The van der Waals surface area contributed by atoms with E-state index in [0.717, 1.165) is 29.9 Å². The van der Waals surface area contributed by atoms with Crippen LogP contribution in [0.25, 0.3) is 11.3 Å². The van der Waals surface area contributed by atoms with Crippen LogP contribution < -0.4 is 0 Å². The van der Waals surface area contributed by atoms with Crippen molar-refractivity contribution in [3.8, 4) is 11.3 Å². The first-order chi connectivity index (χ1) is 10.2. The lowest BCUT2D eigenvalue weighted by molar-refractivity contribution is 0.768. The van der Waals surface area contributed by atoms with Crippen LogP contribution in [0.15, 0.2) is 48.8 Å². The van der Waals surface area contributed by atoms with Crippen LogP contribution in [0.3, 0.4) is 0 Å². The van der Waals surface area contributed by atoms with E-state index in [1.165, 1.54) is 5.56 Å². The second-order valence-corrected chi connectivity index (χ2v) is 5.39. The van der Waals surface area contributed by atoms with E-state index < -0.39 is 0 Å². The summed E-state index contributed by atoms with van der Waals surface area (Å²) in [5.41, 5.74) is 3.28. The highest BCUT2D eigenvalue weighted by Crippen LogP contribution is 2.16. The second-order valence-electron chi connectivity index (χ2n) is 4.97. The highest BCUT2D eigenvalue weighted by atomic mass is 32.1. The molecule has 21 heavy (non-hydrogen) atoms. The molecule has 0 unspecified atom stereocenters. The number of aryl methyl sites for hydroxylation is 3.